The number of hydrogen-bond donors (Lipinski definition) is 1. The molecule has 0 unspecified atom stereocenters. The van der Waals surface area contributed by atoms with Crippen molar-refractivity contribution in [2.45, 2.75) is 38.1 Å². The summed E-state index contributed by atoms with van der Waals surface area (Å²) in [5.41, 5.74) is 8.07. The highest BCUT2D eigenvalue weighted by atomic mass is 15.1. The normalized spacial score (nSPS) is 17.7. The van der Waals surface area contributed by atoms with Crippen LogP contribution in [0, 0.1) is 0 Å². The summed E-state index contributed by atoms with van der Waals surface area (Å²) in [6, 6.07) is 8.83. The molecule has 1 aromatic carbocycles. The van der Waals surface area contributed by atoms with Crippen molar-refractivity contribution in [3.05, 3.63) is 24.3 Å². The predicted molar refractivity (Wildman–Crippen MR) is 66.1 cm³/mol. The van der Waals surface area contributed by atoms with Crippen molar-refractivity contribution < 1.29 is 0 Å². The summed E-state index contributed by atoms with van der Waals surface area (Å²) in [6.07, 6.45) is 6.74. The van der Waals surface area contributed by atoms with E-state index in [0.29, 0.717) is 6.04 Å². The monoisotopic (exact) mass is 204 g/mol. The van der Waals surface area contributed by atoms with E-state index in [1.165, 1.54) is 37.8 Å². The summed E-state index contributed by atoms with van der Waals surface area (Å²) in [6.45, 7) is 0. The van der Waals surface area contributed by atoms with Crippen LogP contribution in [0.25, 0.3) is 0 Å². The van der Waals surface area contributed by atoms with Crippen molar-refractivity contribution in [3.63, 3.8) is 0 Å². The Balaban J connectivity index is 2.12. The maximum Gasteiger partial charge on any atom is 0.0599 e. The third-order valence-corrected chi connectivity index (χ3v) is 3.44. The maximum atomic E-state index is 5.99. The molecule has 1 aliphatic rings. The highest BCUT2D eigenvalue weighted by molar-refractivity contribution is 5.67. The van der Waals surface area contributed by atoms with Gasteiger partial charge in [-0.05, 0) is 25.0 Å². The first-order valence-corrected chi connectivity index (χ1v) is 5.86. The van der Waals surface area contributed by atoms with Gasteiger partial charge in [0.2, 0.25) is 0 Å². The number of benzene rings is 1. The molecule has 15 heavy (non-hydrogen) atoms. The van der Waals surface area contributed by atoms with Gasteiger partial charge in [-0.2, -0.15) is 0 Å². The van der Waals surface area contributed by atoms with Crippen molar-refractivity contribution in [2.24, 2.45) is 0 Å². The van der Waals surface area contributed by atoms with Gasteiger partial charge in [0.25, 0.3) is 0 Å². The lowest BCUT2D eigenvalue weighted by atomic mass is 9.94. The standard InChI is InChI=1S/C13H20N2/c1-15(11-7-3-2-4-8-11)13-10-6-5-9-12(13)14/h5-6,9-11H,2-4,7-8,14H2,1H3. The Morgan fingerprint density at radius 1 is 1.13 bits per heavy atom. The van der Waals surface area contributed by atoms with Crippen LogP contribution < -0.4 is 10.6 Å². The quantitative estimate of drug-likeness (QED) is 0.750. The molecule has 0 aliphatic heterocycles. The molecule has 2 rings (SSSR count). The van der Waals surface area contributed by atoms with Gasteiger partial charge in [-0.15, -0.1) is 0 Å². The van der Waals surface area contributed by atoms with Gasteiger partial charge in [0, 0.05) is 13.1 Å². The topological polar surface area (TPSA) is 29.3 Å². The van der Waals surface area contributed by atoms with Crippen molar-refractivity contribution in [3.8, 4) is 0 Å². The second-order valence-electron chi connectivity index (χ2n) is 4.46. The van der Waals surface area contributed by atoms with E-state index >= 15 is 0 Å². The fraction of sp³-hybridized carbons (Fsp3) is 0.538. The van der Waals surface area contributed by atoms with E-state index in [-0.39, 0.29) is 0 Å². The molecule has 0 bridgehead atoms. The van der Waals surface area contributed by atoms with E-state index in [2.05, 4.69) is 24.1 Å². The molecule has 0 spiro atoms. The zero-order chi connectivity index (χ0) is 10.7. The first kappa shape index (κ1) is 10.3. The van der Waals surface area contributed by atoms with E-state index in [9.17, 15) is 0 Å². The van der Waals surface area contributed by atoms with Gasteiger partial charge in [-0.3, -0.25) is 0 Å². The molecule has 0 heterocycles. The van der Waals surface area contributed by atoms with Crippen molar-refractivity contribution in [1.29, 1.82) is 0 Å². The zero-order valence-corrected chi connectivity index (χ0v) is 9.45. The molecular formula is C13H20N2. The minimum absolute atomic E-state index is 0.684. The molecule has 2 heteroatoms. The zero-order valence-electron chi connectivity index (χ0n) is 9.45. The van der Waals surface area contributed by atoms with E-state index < -0.39 is 0 Å². The number of anilines is 2. The van der Waals surface area contributed by atoms with Crippen LogP contribution in [0.2, 0.25) is 0 Å². The molecule has 1 saturated carbocycles. The van der Waals surface area contributed by atoms with Gasteiger partial charge in [-0.1, -0.05) is 31.4 Å². The second-order valence-corrected chi connectivity index (χ2v) is 4.46. The summed E-state index contributed by atoms with van der Waals surface area (Å²) < 4.78 is 0. The van der Waals surface area contributed by atoms with Crippen molar-refractivity contribution in [1.82, 2.24) is 0 Å². The lowest BCUT2D eigenvalue weighted by Gasteiger charge is -2.33. The molecule has 82 valence electrons. The Hall–Kier alpha value is -1.18. The lowest BCUT2D eigenvalue weighted by Crippen LogP contribution is -2.33. The van der Waals surface area contributed by atoms with Crippen LogP contribution in [0.4, 0.5) is 11.4 Å². The number of hydrogen-bond acceptors (Lipinski definition) is 2. The first-order chi connectivity index (χ1) is 7.29. The molecule has 0 radical (unpaired) electrons. The fourth-order valence-electron chi connectivity index (χ4n) is 2.47. The Morgan fingerprint density at radius 3 is 2.47 bits per heavy atom. The van der Waals surface area contributed by atoms with Crippen LogP contribution in [-0.4, -0.2) is 13.1 Å². The third kappa shape index (κ3) is 2.25. The summed E-state index contributed by atoms with van der Waals surface area (Å²) >= 11 is 0. The molecule has 2 nitrogen and oxygen atoms in total. The van der Waals surface area contributed by atoms with E-state index in [0.717, 1.165) is 5.69 Å². The van der Waals surface area contributed by atoms with E-state index in [1.807, 2.05) is 12.1 Å². The van der Waals surface area contributed by atoms with Crippen molar-refractivity contribution >= 4 is 11.4 Å². The lowest BCUT2D eigenvalue weighted by molar-refractivity contribution is 0.428. The summed E-state index contributed by atoms with van der Waals surface area (Å²) in [5, 5.41) is 0. The molecular weight excluding hydrogens is 184 g/mol. The van der Waals surface area contributed by atoms with E-state index in [1.54, 1.807) is 0 Å². The first-order valence-electron chi connectivity index (χ1n) is 5.86. The largest absolute Gasteiger partial charge is 0.397 e. The van der Waals surface area contributed by atoms with Gasteiger partial charge in [0.15, 0.2) is 0 Å². The summed E-state index contributed by atoms with van der Waals surface area (Å²) in [4.78, 5) is 2.36. The minimum atomic E-state index is 0.684. The third-order valence-electron chi connectivity index (χ3n) is 3.44. The summed E-state index contributed by atoms with van der Waals surface area (Å²) in [5.74, 6) is 0. The average Bonchev–Trinajstić information content (AvgIpc) is 2.30. The second kappa shape index (κ2) is 4.56. The van der Waals surface area contributed by atoms with Crippen molar-refractivity contribution in [2.75, 3.05) is 17.7 Å². The Morgan fingerprint density at radius 2 is 1.80 bits per heavy atom. The van der Waals surface area contributed by atoms with E-state index in [4.69, 9.17) is 5.73 Å². The van der Waals surface area contributed by atoms with Gasteiger partial charge < -0.3 is 10.6 Å². The van der Waals surface area contributed by atoms with Crippen LogP contribution in [0.15, 0.2) is 24.3 Å². The van der Waals surface area contributed by atoms with Crippen LogP contribution >= 0.6 is 0 Å². The molecule has 1 aliphatic carbocycles. The average molecular weight is 204 g/mol. The highest BCUT2D eigenvalue weighted by Crippen LogP contribution is 2.29. The van der Waals surface area contributed by atoms with Crippen LogP contribution in [0.3, 0.4) is 0 Å². The fourth-order valence-corrected chi connectivity index (χ4v) is 2.47. The van der Waals surface area contributed by atoms with Gasteiger partial charge >= 0.3 is 0 Å². The Labute approximate surface area is 92.1 Å². The molecule has 0 atom stereocenters. The number of para-hydroxylation sites is 2. The molecule has 0 amide bonds. The maximum absolute atomic E-state index is 5.99. The molecule has 2 N–H and O–H groups in total. The number of rotatable bonds is 2. The number of nitrogens with zero attached hydrogens (tertiary/aromatic N) is 1. The SMILES string of the molecule is CN(c1ccccc1N)C1CCCCC1. The molecule has 0 aromatic heterocycles. The number of nitrogen functional groups attached to an aromatic ring is 1. The predicted octanol–water partition coefficient (Wildman–Crippen LogP) is 3.04. The highest BCUT2D eigenvalue weighted by Gasteiger charge is 2.19. The van der Waals surface area contributed by atoms with Crippen LogP contribution in [-0.2, 0) is 0 Å². The smallest absolute Gasteiger partial charge is 0.0599 e. The Bertz CT molecular complexity index is 316. The minimum Gasteiger partial charge on any atom is -0.397 e. The molecule has 1 aromatic rings. The van der Waals surface area contributed by atoms with Crippen LogP contribution in [0.1, 0.15) is 32.1 Å². The Kier molecular flexibility index (Phi) is 3.14. The summed E-state index contributed by atoms with van der Waals surface area (Å²) in [7, 11) is 2.17. The van der Waals surface area contributed by atoms with Gasteiger partial charge in [0.05, 0.1) is 11.4 Å². The molecule has 1 fully saturated rings. The van der Waals surface area contributed by atoms with Gasteiger partial charge in [-0.25, -0.2) is 0 Å². The number of nitrogens with two attached hydrogens (primary N) is 1. The molecule has 0 saturated heterocycles. The van der Waals surface area contributed by atoms with Gasteiger partial charge in [0.1, 0.15) is 0 Å². The van der Waals surface area contributed by atoms with Crippen LogP contribution in [0.5, 0.6) is 0 Å².